The summed E-state index contributed by atoms with van der Waals surface area (Å²) in [6, 6.07) is 0. The standard InChI is InChI=1S/C8H18O2.C4H10O2/c1-7(2,3)6-8(4,5)10-9;1-4(2,3)6-5/h9H,6H2,1-5H3;5H,1-3H3. The van der Waals surface area contributed by atoms with Crippen LogP contribution in [0.3, 0.4) is 0 Å². The van der Waals surface area contributed by atoms with Crippen molar-refractivity contribution in [2.24, 2.45) is 5.41 Å². The molecule has 0 spiro atoms. The molecule has 0 aromatic rings. The van der Waals surface area contributed by atoms with Gasteiger partial charge in [0.1, 0.15) is 0 Å². The molecule has 0 aromatic heterocycles. The molecule has 0 aliphatic heterocycles. The van der Waals surface area contributed by atoms with E-state index in [1.54, 1.807) is 20.8 Å². The highest BCUT2D eigenvalue weighted by Gasteiger charge is 2.26. The molecule has 0 saturated carbocycles. The molecule has 100 valence electrons. The van der Waals surface area contributed by atoms with E-state index in [0.717, 1.165) is 6.42 Å². The molecule has 0 rings (SSSR count). The zero-order valence-electron chi connectivity index (χ0n) is 11.9. The van der Waals surface area contributed by atoms with E-state index in [-0.39, 0.29) is 5.41 Å². The van der Waals surface area contributed by atoms with Crippen molar-refractivity contribution in [3.63, 3.8) is 0 Å². The molecular weight excluding hydrogens is 208 g/mol. The number of hydrogen-bond donors (Lipinski definition) is 2. The monoisotopic (exact) mass is 236 g/mol. The van der Waals surface area contributed by atoms with E-state index in [4.69, 9.17) is 10.5 Å². The van der Waals surface area contributed by atoms with E-state index in [1.807, 2.05) is 13.8 Å². The Morgan fingerprint density at radius 1 is 0.750 bits per heavy atom. The first-order valence-corrected chi connectivity index (χ1v) is 5.48. The molecule has 0 amide bonds. The Bertz CT molecular complexity index is 174. The summed E-state index contributed by atoms with van der Waals surface area (Å²) in [5.74, 6) is 0. The lowest BCUT2D eigenvalue weighted by molar-refractivity contribution is -0.318. The first-order valence-electron chi connectivity index (χ1n) is 5.48. The normalized spacial score (nSPS) is 13.1. The summed E-state index contributed by atoms with van der Waals surface area (Å²) >= 11 is 0. The van der Waals surface area contributed by atoms with Crippen LogP contribution in [0.25, 0.3) is 0 Å². The van der Waals surface area contributed by atoms with Gasteiger partial charge in [0, 0.05) is 0 Å². The summed E-state index contributed by atoms with van der Waals surface area (Å²) in [6.45, 7) is 15.4. The van der Waals surface area contributed by atoms with Crippen molar-refractivity contribution < 1.29 is 20.3 Å². The summed E-state index contributed by atoms with van der Waals surface area (Å²) in [5, 5.41) is 16.4. The Morgan fingerprint density at radius 2 is 1.06 bits per heavy atom. The Balaban J connectivity index is 0. The third kappa shape index (κ3) is 16.3. The lowest BCUT2D eigenvalue weighted by Crippen LogP contribution is -2.28. The van der Waals surface area contributed by atoms with Gasteiger partial charge >= 0.3 is 0 Å². The van der Waals surface area contributed by atoms with Gasteiger partial charge in [0.05, 0.1) is 11.2 Å². The maximum Gasteiger partial charge on any atom is 0.0982 e. The van der Waals surface area contributed by atoms with Crippen LogP contribution in [0.4, 0.5) is 0 Å². The Morgan fingerprint density at radius 3 is 1.12 bits per heavy atom. The Kier molecular flexibility index (Phi) is 7.45. The molecule has 0 bridgehead atoms. The van der Waals surface area contributed by atoms with Crippen LogP contribution in [-0.2, 0) is 9.78 Å². The van der Waals surface area contributed by atoms with Gasteiger partial charge in [-0.3, -0.25) is 10.5 Å². The van der Waals surface area contributed by atoms with Gasteiger partial charge in [-0.2, -0.15) is 0 Å². The Labute approximate surface area is 99.4 Å². The van der Waals surface area contributed by atoms with Crippen molar-refractivity contribution >= 4 is 0 Å². The van der Waals surface area contributed by atoms with Crippen LogP contribution in [0.15, 0.2) is 0 Å². The van der Waals surface area contributed by atoms with Crippen molar-refractivity contribution in [2.75, 3.05) is 0 Å². The molecule has 16 heavy (non-hydrogen) atoms. The van der Waals surface area contributed by atoms with Crippen LogP contribution in [0.2, 0.25) is 0 Å². The van der Waals surface area contributed by atoms with E-state index in [0.29, 0.717) is 0 Å². The van der Waals surface area contributed by atoms with Gasteiger partial charge in [0.2, 0.25) is 0 Å². The molecule has 0 atom stereocenters. The van der Waals surface area contributed by atoms with E-state index in [1.165, 1.54) is 0 Å². The smallest absolute Gasteiger partial charge is 0.0982 e. The summed E-state index contributed by atoms with van der Waals surface area (Å²) < 4.78 is 0. The third-order valence-corrected chi connectivity index (χ3v) is 1.48. The van der Waals surface area contributed by atoms with E-state index >= 15 is 0 Å². The summed E-state index contributed by atoms with van der Waals surface area (Å²) in [6.07, 6.45) is 0.844. The maximum absolute atomic E-state index is 8.46. The fraction of sp³-hybridized carbons (Fsp3) is 1.00. The van der Waals surface area contributed by atoms with Gasteiger partial charge in [0.25, 0.3) is 0 Å². The zero-order valence-corrected chi connectivity index (χ0v) is 11.9. The fourth-order valence-corrected chi connectivity index (χ4v) is 1.31. The highest BCUT2D eigenvalue weighted by molar-refractivity contribution is 4.75. The zero-order chi connectivity index (χ0) is 13.6. The molecule has 4 heteroatoms. The highest BCUT2D eigenvalue weighted by Crippen LogP contribution is 2.28. The molecule has 0 aromatic carbocycles. The average molecular weight is 236 g/mol. The van der Waals surface area contributed by atoms with Crippen molar-refractivity contribution in [3.8, 4) is 0 Å². The average Bonchev–Trinajstić information content (AvgIpc) is 2.00. The van der Waals surface area contributed by atoms with E-state index < -0.39 is 11.2 Å². The van der Waals surface area contributed by atoms with Crippen LogP contribution < -0.4 is 0 Å². The van der Waals surface area contributed by atoms with Crippen LogP contribution in [-0.4, -0.2) is 21.7 Å². The minimum atomic E-state index is -0.418. The molecule has 0 unspecified atom stereocenters. The van der Waals surface area contributed by atoms with Gasteiger partial charge in [-0.15, -0.1) is 0 Å². The van der Waals surface area contributed by atoms with Crippen LogP contribution in [0.1, 0.15) is 61.8 Å². The summed E-state index contributed by atoms with van der Waals surface area (Å²) in [4.78, 5) is 8.25. The van der Waals surface area contributed by atoms with E-state index in [2.05, 4.69) is 30.5 Å². The SMILES string of the molecule is CC(C)(C)CC(C)(C)OO.CC(C)(C)OO. The van der Waals surface area contributed by atoms with Crippen molar-refractivity contribution in [2.45, 2.75) is 73.0 Å². The molecule has 0 aliphatic rings. The molecular formula is C12H28O4. The van der Waals surface area contributed by atoms with Crippen LogP contribution in [0.5, 0.6) is 0 Å². The molecule has 0 radical (unpaired) electrons. The largest absolute Gasteiger partial charge is 0.251 e. The molecule has 0 saturated heterocycles. The predicted octanol–water partition coefficient (Wildman–Crippen LogP) is 3.97. The first kappa shape index (κ1) is 18.2. The first-order chi connectivity index (χ1) is 6.83. The number of hydrogen-bond acceptors (Lipinski definition) is 4. The number of rotatable bonds is 2. The van der Waals surface area contributed by atoms with Gasteiger partial charge in [-0.1, -0.05) is 20.8 Å². The Hall–Kier alpha value is -0.160. The van der Waals surface area contributed by atoms with Gasteiger partial charge < -0.3 is 0 Å². The minimum Gasteiger partial charge on any atom is -0.251 e. The van der Waals surface area contributed by atoms with Crippen molar-refractivity contribution in [3.05, 3.63) is 0 Å². The highest BCUT2D eigenvalue weighted by atomic mass is 17.1. The molecule has 4 nitrogen and oxygen atoms in total. The molecule has 0 heterocycles. The van der Waals surface area contributed by atoms with Gasteiger partial charge in [-0.25, -0.2) is 9.78 Å². The van der Waals surface area contributed by atoms with Crippen LogP contribution >= 0.6 is 0 Å². The maximum atomic E-state index is 8.46. The molecule has 2 N–H and O–H groups in total. The molecule has 0 fully saturated rings. The van der Waals surface area contributed by atoms with Gasteiger partial charge in [-0.05, 0) is 46.5 Å². The summed E-state index contributed by atoms with van der Waals surface area (Å²) in [7, 11) is 0. The minimum absolute atomic E-state index is 0.201. The fourth-order valence-electron chi connectivity index (χ4n) is 1.31. The van der Waals surface area contributed by atoms with Gasteiger partial charge in [0.15, 0.2) is 0 Å². The second-order valence-electron chi connectivity index (χ2n) is 6.79. The third-order valence-electron chi connectivity index (χ3n) is 1.48. The topological polar surface area (TPSA) is 58.9 Å². The summed E-state index contributed by atoms with van der Waals surface area (Å²) in [5.41, 5.74) is -0.621. The second kappa shape index (κ2) is 6.55. The second-order valence-corrected chi connectivity index (χ2v) is 6.79. The van der Waals surface area contributed by atoms with Crippen molar-refractivity contribution in [1.82, 2.24) is 0 Å². The lowest BCUT2D eigenvalue weighted by Gasteiger charge is -2.29. The quantitative estimate of drug-likeness (QED) is 0.562. The van der Waals surface area contributed by atoms with E-state index in [9.17, 15) is 0 Å². The predicted molar refractivity (Wildman–Crippen MR) is 65.3 cm³/mol. The van der Waals surface area contributed by atoms with Crippen molar-refractivity contribution in [1.29, 1.82) is 0 Å². The van der Waals surface area contributed by atoms with Crippen LogP contribution in [0, 0.1) is 5.41 Å². The molecule has 0 aliphatic carbocycles. The lowest BCUT2D eigenvalue weighted by atomic mass is 9.84.